The van der Waals surface area contributed by atoms with Crippen molar-refractivity contribution in [1.29, 1.82) is 5.26 Å². The van der Waals surface area contributed by atoms with Crippen molar-refractivity contribution in [2.45, 2.75) is 19.4 Å². The number of furan rings is 1. The molecule has 0 spiro atoms. The summed E-state index contributed by atoms with van der Waals surface area (Å²) in [6.07, 6.45) is 2.93. The predicted octanol–water partition coefficient (Wildman–Crippen LogP) is 3.57. The van der Waals surface area contributed by atoms with Crippen molar-refractivity contribution in [1.82, 2.24) is 0 Å². The van der Waals surface area contributed by atoms with Crippen LogP contribution in [-0.2, 0) is 6.54 Å². The van der Waals surface area contributed by atoms with Gasteiger partial charge >= 0.3 is 0 Å². The van der Waals surface area contributed by atoms with E-state index < -0.39 is 0 Å². The number of rotatable bonds is 7. The molecule has 0 unspecified atom stereocenters. The van der Waals surface area contributed by atoms with Crippen LogP contribution < -0.4 is 10.1 Å². The molecule has 0 bridgehead atoms. The van der Waals surface area contributed by atoms with E-state index in [9.17, 15) is 0 Å². The first-order chi connectivity index (χ1) is 9.38. The van der Waals surface area contributed by atoms with Crippen LogP contribution in [0.4, 0.5) is 5.69 Å². The third-order valence-electron chi connectivity index (χ3n) is 2.58. The maximum atomic E-state index is 8.44. The monoisotopic (exact) mass is 256 g/mol. The smallest absolute Gasteiger partial charge is 0.122 e. The maximum absolute atomic E-state index is 8.44. The minimum Gasteiger partial charge on any atom is -0.493 e. The summed E-state index contributed by atoms with van der Waals surface area (Å²) in [5, 5.41) is 11.7. The Bertz CT molecular complexity index is 529. The van der Waals surface area contributed by atoms with Crippen LogP contribution in [-0.4, -0.2) is 6.61 Å². The van der Waals surface area contributed by atoms with E-state index in [1.807, 2.05) is 36.4 Å². The third-order valence-corrected chi connectivity index (χ3v) is 2.58. The molecule has 0 radical (unpaired) electrons. The van der Waals surface area contributed by atoms with Gasteiger partial charge in [-0.15, -0.1) is 0 Å². The molecule has 19 heavy (non-hydrogen) atoms. The highest BCUT2D eigenvalue weighted by Gasteiger charge is 1.99. The first-order valence-corrected chi connectivity index (χ1v) is 6.24. The Morgan fingerprint density at radius 3 is 3.00 bits per heavy atom. The molecular formula is C15H16N2O2. The van der Waals surface area contributed by atoms with Crippen molar-refractivity contribution < 1.29 is 9.15 Å². The number of benzene rings is 1. The SMILES string of the molecule is N#CCCCOc1cccc(NCc2ccco2)c1. The number of nitriles is 1. The van der Waals surface area contributed by atoms with Crippen LogP contribution in [0.1, 0.15) is 18.6 Å². The van der Waals surface area contributed by atoms with Crippen molar-refractivity contribution >= 4 is 5.69 Å². The molecule has 98 valence electrons. The second-order valence-corrected chi connectivity index (χ2v) is 4.07. The Balaban J connectivity index is 1.83. The highest BCUT2D eigenvalue weighted by molar-refractivity contribution is 5.48. The maximum Gasteiger partial charge on any atom is 0.122 e. The van der Waals surface area contributed by atoms with Gasteiger partial charge in [-0.25, -0.2) is 0 Å². The van der Waals surface area contributed by atoms with Crippen LogP contribution in [0.2, 0.25) is 0 Å². The van der Waals surface area contributed by atoms with E-state index >= 15 is 0 Å². The van der Waals surface area contributed by atoms with Crippen molar-refractivity contribution in [3.8, 4) is 11.8 Å². The average molecular weight is 256 g/mol. The number of hydrogen-bond acceptors (Lipinski definition) is 4. The minimum atomic E-state index is 0.524. The van der Waals surface area contributed by atoms with Crippen molar-refractivity contribution in [2.24, 2.45) is 0 Å². The lowest BCUT2D eigenvalue weighted by molar-refractivity contribution is 0.313. The van der Waals surface area contributed by atoms with Gasteiger partial charge in [0.2, 0.25) is 0 Å². The van der Waals surface area contributed by atoms with Crippen LogP contribution in [0.15, 0.2) is 47.1 Å². The summed E-state index contributed by atoms with van der Waals surface area (Å²) in [5.74, 6) is 1.70. The highest BCUT2D eigenvalue weighted by Crippen LogP contribution is 2.18. The van der Waals surface area contributed by atoms with Crippen molar-refractivity contribution in [3.63, 3.8) is 0 Å². The largest absolute Gasteiger partial charge is 0.493 e. The van der Waals surface area contributed by atoms with Crippen LogP contribution in [0.5, 0.6) is 5.75 Å². The first-order valence-electron chi connectivity index (χ1n) is 6.24. The van der Waals surface area contributed by atoms with E-state index in [0.717, 1.165) is 23.6 Å². The summed E-state index contributed by atoms with van der Waals surface area (Å²) < 4.78 is 10.8. The molecule has 0 aliphatic heterocycles. The van der Waals surface area contributed by atoms with Gasteiger partial charge in [-0.3, -0.25) is 0 Å². The van der Waals surface area contributed by atoms with Gasteiger partial charge in [0.05, 0.1) is 25.5 Å². The fourth-order valence-electron chi connectivity index (χ4n) is 1.64. The first kappa shape index (κ1) is 13.0. The van der Waals surface area contributed by atoms with Gasteiger partial charge in [0, 0.05) is 18.2 Å². The molecule has 0 atom stereocenters. The van der Waals surface area contributed by atoms with Gasteiger partial charge in [0.1, 0.15) is 11.5 Å². The molecule has 0 fully saturated rings. The molecule has 0 saturated heterocycles. The zero-order valence-corrected chi connectivity index (χ0v) is 10.6. The van der Waals surface area contributed by atoms with Crippen LogP contribution in [0.25, 0.3) is 0 Å². The van der Waals surface area contributed by atoms with Crippen molar-refractivity contribution in [2.75, 3.05) is 11.9 Å². The van der Waals surface area contributed by atoms with Crippen LogP contribution in [0, 0.1) is 11.3 Å². The normalized spacial score (nSPS) is 9.84. The molecule has 4 nitrogen and oxygen atoms in total. The van der Waals surface area contributed by atoms with Gasteiger partial charge < -0.3 is 14.5 Å². The quantitative estimate of drug-likeness (QED) is 0.769. The summed E-state index contributed by atoms with van der Waals surface area (Å²) in [6, 6.07) is 13.7. The van der Waals surface area contributed by atoms with E-state index in [1.54, 1.807) is 6.26 Å². The summed E-state index contributed by atoms with van der Waals surface area (Å²) in [6.45, 7) is 1.21. The lowest BCUT2D eigenvalue weighted by Crippen LogP contribution is -2.00. The number of nitrogens with one attached hydrogen (secondary N) is 1. The van der Waals surface area contributed by atoms with Crippen LogP contribution in [0.3, 0.4) is 0 Å². The van der Waals surface area contributed by atoms with E-state index in [1.165, 1.54) is 0 Å². The Morgan fingerprint density at radius 2 is 2.21 bits per heavy atom. The Kier molecular flexibility index (Phi) is 4.88. The summed E-state index contributed by atoms with van der Waals surface area (Å²) in [5.41, 5.74) is 0.981. The second-order valence-electron chi connectivity index (χ2n) is 4.07. The lowest BCUT2D eigenvalue weighted by atomic mass is 10.3. The summed E-state index contributed by atoms with van der Waals surface area (Å²) in [4.78, 5) is 0. The fraction of sp³-hybridized carbons (Fsp3) is 0.267. The van der Waals surface area contributed by atoms with E-state index in [2.05, 4.69) is 11.4 Å². The molecule has 2 aromatic rings. The number of unbranched alkanes of at least 4 members (excludes halogenated alkanes) is 1. The van der Waals surface area contributed by atoms with Crippen molar-refractivity contribution in [3.05, 3.63) is 48.4 Å². The Hall–Kier alpha value is -2.41. The molecule has 0 aliphatic rings. The Morgan fingerprint density at radius 1 is 1.26 bits per heavy atom. The van der Waals surface area contributed by atoms with E-state index in [-0.39, 0.29) is 0 Å². The minimum absolute atomic E-state index is 0.524. The second kappa shape index (κ2) is 7.12. The molecule has 1 aromatic heterocycles. The molecule has 1 aromatic carbocycles. The molecular weight excluding hydrogens is 240 g/mol. The third kappa shape index (κ3) is 4.40. The standard InChI is InChI=1S/C15H16N2O2/c16-8-1-2-9-18-14-6-3-5-13(11-14)17-12-15-7-4-10-19-15/h3-7,10-11,17H,1-2,9,12H2. The zero-order valence-electron chi connectivity index (χ0n) is 10.6. The summed E-state index contributed by atoms with van der Waals surface area (Å²) >= 11 is 0. The average Bonchev–Trinajstić information content (AvgIpc) is 2.95. The van der Waals surface area contributed by atoms with E-state index in [0.29, 0.717) is 19.6 Å². The molecule has 1 N–H and O–H groups in total. The number of nitrogens with zero attached hydrogens (tertiary/aromatic N) is 1. The molecule has 1 heterocycles. The predicted molar refractivity (Wildman–Crippen MR) is 72.8 cm³/mol. The molecule has 0 aliphatic carbocycles. The van der Waals surface area contributed by atoms with Gasteiger partial charge in [-0.1, -0.05) is 6.07 Å². The lowest BCUT2D eigenvalue weighted by Gasteiger charge is -2.08. The molecule has 4 heteroatoms. The van der Waals surface area contributed by atoms with Gasteiger partial charge in [-0.2, -0.15) is 5.26 Å². The molecule has 0 amide bonds. The number of ether oxygens (including phenoxy) is 1. The summed E-state index contributed by atoms with van der Waals surface area (Å²) in [7, 11) is 0. The van der Waals surface area contributed by atoms with Gasteiger partial charge in [0.15, 0.2) is 0 Å². The van der Waals surface area contributed by atoms with Gasteiger partial charge in [0.25, 0.3) is 0 Å². The van der Waals surface area contributed by atoms with Gasteiger partial charge in [-0.05, 0) is 30.7 Å². The molecule has 0 saturated carbocycles. The molecule has 2 rings (SSSR count). The topological polar surface area (TPSA) is 58.2 Å². The number of hydrogen-bond donors (Lipinski definition) is 1. The zero-order chi connectivity index (χ0) is 13.3. The van der Waals surface area contributed by atoms with E-state index in [4.69, 9.17) is 14.4 Å². The van der Waals surface area contributed by atoms with Crippen LogP contribution >= 0.6 is 0 Å². The fourth-order valence-corrected chi connectivity index (χ4v) is 1.64. The highest BCUT2D eigenvalue weighted by atomic mass is 16.5. The Labute approximate surface area is 112 Å². The number of anilines is 1.